The molecular weight excluding hydrogens is 385 g/mol. The predicted molar refractivity (Wildman–Crippen MR) is 102 cm³/mol. The van der Waals surface area contributed by atoms with Gasteiger partial charge in [0.05, 0.1) is 15.0 Å². The molecular formula is C17H9Cl2NO2S2. The van der Waals surface area contributed by atoms with Gasteiger partial charge in [0, 0.05) is 5.56 Å². The molecule has 1 heterocycles. The molecule has 120 valence electrons. The topological polar surface area (TPSA) is 37.4 Å². The third-order valence-electron chi connectivity index (χ3n) is 3.26. The quantitative estimate of drug-likeness (QED) is 0.407. The van der Waals surface area contributed by atoms with E-state index in [9.17, 15) is 9.59 Å². The average Bonchev–Trinajstić information content (AvgIpc) is 2.85. The molecule has 2 aromatic carbocycles. The number of hydrogen-bond donors (Lipinski definition) is 0. The van der Waals surface area contributed by atoms with Gasteiger partial charge < -0.3 is 0 Å². The maximum absolute atomic E-state index is 12.6. The zero-order valence-electron chi connectivity index (χ0n) is 12.0. The molecule has 0 unspecified atom stereocenters. The fourth-order valence-corrected chi connectivity index (χ4v) is 3.67. The number of thioether (sulfide) groups is 1. The van der Waals surface area contributed by atoms with Crippen molar-refractivity contribution >= 4 is 69.4 Å². The fourth-order valence-electron chi connectivity index (χ4n) is 2.11. The molecule has 0 N–H and O–H groups in total. The third kappa shape index (κ3) is 3.39. The van der Waals surface area contributed by atoms with E-state index in [2.05, 4.69) is 0 Å². The van der Waals surface area contributed by atoms with E-state index in [4.69, 9.17) is 35.4 Å². The number of carbonyl (C=O) groups excluding carboxylic acids is 2. The van der Waals surface area contributed by atoms with Crippen LogP contribution in [0.15, 0.2) is 53.4 Å². The van der Waals surface area contributed by atoms with Gasteiger partial charge in [0.2, 0.25) is 0 Å². The minimum atomic E-state index is -0.440. The van der Waals surface area contributed by atoms with Crippen LogP contribution in [0.25, 0.3) is 6.08 Å². The molecule has 2 amide bonds. The first kappa shape index (κ1) is 17.2. The van der Waals surface area contributed by atoms with E-state index in [1.165, 1.54) is 0 Å². The summed E-state index contributed by atoms with van der Waals surface area (Å²) in [5, 5.41) is 0.821. The molecule has 0 radical (unpaired) electrons. The van der Waals surface area contributed by atoms with Gasteiger partial charge in [-0.15, -0.1) is 0 Å². The monoisotopic (exact) mass is 393 g/mol. The van der Waals surface area contributed by atoms with Crippen molar-refractivity contribution in [2.45, 2.75) is 0 Å². The summed E-state index contributed by atoms with van der Waals surface area (Å²) in [5.74, 6) is -0.874. The van der Waals surface area contributed by atoms with Crippen molar-refractivity contribution in [2.75, 3.05) is 0 Å². The molecule has 0 atom stereocenters. The second-order valence-electron chi connectivity index (χ2n) is 4.86. The number of carbonyl (C=O) groups is 2. The Morgan fingerprint density at radius 1 is 1.08 bits per heavy atom. The Labute approximate surface area is 158 Å². The van der Waals surface area contributed by atoms with Crippen LogP contribution in [0.3, 0.4) is 0 Å². The van der Waals surface area contributed by atoms with Gasteiger partial charge in [0.25, 0.3) is 11.8 Å². The van der Waals surface area contributed by atoms with Gasteiger partial charge in [-0.25, -0.2) is 4.90 Å². The van der Waals surface area contributed by atoms with Gasteiger partial charge in [0.15, 0.2) is 4.32 Å². The van der Waals surface area contributed by atoms with E-state index in [0.717, 1.165) is 16.7 Å². The van der Waals surface area contributed by atoms with E-state index in [1.807, 2.05) is 0 Å². The molecule has 0 saturated carbocycles. The van der Waals surface area contributed by atoms with Crippen LogP contribution in [-0.2, 0) is 4.79 Å². The van der Waals surface area contributed by atoms with Crippen molar-refractivity contribution in [3.05, 3.63) is 74.6 Å². The van der Waals surface area contributed by atoms with E-state index in [1.54, 1.807) is 54.6 Å². The third-order valence-corrected chi connectivity index (χ3v) is 5.30. The molecule has 3 rings (SSSR count). The lowest BCUT2D eigenvalue weighted by Gasteiger charge is -2.12. The van der Waals surface area contributed by atoms with Crippen LogP contribution < -0.4 is 0 Å². The molecule has 1 saturated heterocycles. The number of hydrogen-bond acceptors (Lipinski definition) is 4. The summed E-state index contributed by atoms with van der Waals surface area (Å²) in [6.45, 7) is 0. The number of amides is 2. The lowest BCUT2D eigenvalue weighted by Crippen LogP contribution is -2.34. The maximum Gasteiger partial charge on any atom is 0.273 e. The van der Waals surface area contributed by atoms with E-state index >= 15 is 0 Å². The van der Waals surface area contributed by atoms with Crippen molar-refractivity contribution in [3.63, 3.8) is 0 Å². The Morgan fingerprint density at radius 2 is 1.79 bits per heavy atom. The first-order valence-corrected chi connectivity index (χ1v) is 8.78. The Hall–Kier alpha value is -1.66. The lowest BCUT2D eigenvalue weighted by atomic mass is 10.2. The van der Waals surface area contributed by atoms with E-state index < -0.39 is 11.8 Å². The van der Waals surface area contributed by atoms with Crippen LogP contribution in [0.2, 0.25) is 10.0 Å². The predicted octanol–water partition coefficient (Wildman–Crippen LogP) is 5.04. The van der Waals surface area contributed by atoms with Crippen LogP contribution in [0.4, 0.5) is 0 Å². The highest BCUT2D eigenvalue weighted by Gasteiger charge is 2.37. The normalized spacial score (nSPS) is 16.1. The molecule has 24 heavy (non-hydrogen) atoms. The highest BCUT2D eigenvalue weighted by Crippen LogP contribution is 2.34. The number of imide groups is 1. The van der Waals surface area contributed by atoms with Crippen molar-refractivity contribution in [1.29, 1.82) is 0 Å². The highest BCUT2D eigenvalue weighted by molar-refractivity contribution is 8.26. The first-order chi connectivity index (χ1) is 11.5. The van der Waals surface area contributed by atoms with Crippen LogP contribution in [0.5, 0.6) is 0 Å². The van der Waals surface area contributed by atoms with Gasteiger partial charge in [-0.3, -0.25) is 9.59 Å². The Morgan fingerprint density at radius 3 is 2.46 bits per heavy atom. The summed E-state index contributed by atoms with van der Waals surface area (Å²) < 4.78 is 0.208. The Balaban J connectivity index is 1.90. The molecule has 0 bridgehead atoms. The van der Waals surface area contributed by atoms with Crippen LogP contribution in [0, 0.1) is 0 Å². The molecule has 0 aromatic heterocycles. The summed E-state index contributed by atoms with van der Waals surface area (Å²) in [7, 11) is 0. The van der Waals surface area contributed by atoms with Crippen LogP contribution in [-0.4, -0.2) is 21.0 Å². The van der Waals surface area contributed by atoms with Crippen molar-refractivity contribution < 1.29 is 9.59 Å². The van der Waals surface area contributed by atoms with Gasteiger partial charge >= 0.3 is 0 Å². The maximum atomic E-state index is 12.6. The van der Waals surface area contributed by atoms with Gasteiger partial charge in [-0.05, 0) is 35.9 Å². The van der Waals surface area contributed by atoms with Gasteiger partial charge in [-0.1, -0.05) is 71.4 Å². The lowest BCUT2D eigenvalue weighted by molar-refractivity contribution is -0.120. The molecule has 1 fully saturated rings. The molecule has 1 aliphatic heterocycles. The Kier molecular flexibility index (Phi) is 5.06. The molecule has 0 spiro atoms. The minimum Gasteiger partial charge on any atom is -0.268 e. The second-order valence-corrected chi connectivity index (χ2v) is 7.35. The van der Waals surface area contributed by atoms with E-state index in [-0.39, 0.29) is 4.32 Å². The highest BCUT2D eigenvalue weighted by atomic mass is 35.5. The number of rotatable bonds is 2. The summed E-state index contributed by atoms with van der Waals surface area (Å²) in [6.07, 6.45) is 1.64. The number of nitrogens with zero attached hydrogens (tertiary/aromatic N) is 1. The van der Waals surface area contributed by atoms with Crippen LogP contribution in [0.1, 0.15) is 15.9 Å². The fraction of sp³-hybridized carbons (Fsp3) is 0. The minimum absolute atomic E-state index is 0.208. The van der Waals surface area contributed by atoms with Crippen molar-refractivity contribution in [1.82, 2.24) is 4.90 Å². The van der Waals surface area contributed by atoms with Gasteiger partial charge in [-0.2, -0.15) is 0 Å². The summed E-state index contributed by atoms with van der Waals surface area (Å²) in [6, 6.07) is 13.6. The second kappa shape index (κ2) is 7.07. The molecule has 0 aliphatic carbocycles. The SMILES string of the molecule is O=C1/C(=C/c2ccc(Cl)c(Cl)c2)SC(=S)N1C(=O)c1ccccc1. The zero-order chi connectivity index (χ0) is 17.3. The molecule has 3 nitrogen and oxygen atoms in total. The first-order valence-electron chi connectivity index (χ1n) is 6.80. The largest absolute Gasteiger partial charge is 0.273 e. The van der Waals surface area contributed by atoms with Crippen LogP contribution >= 0.6 is 47.2 Å². The summed E-state index contributed by atoms with van der Waals surface area (Å²) in [4.78, 5) is 26.4. The number of thiocarbonyl (C=S) groups is 1. The van der Waals surface area contributed by atoms with Crippen molar-refractivity contribution in [3.8, 4) is 0 Å². The standard InChI is InChI=1S/C17H9Cl2NO2S2/c18-12-7-6-10(8-13(12)19)9-14-16(22)20(17(23)24-14)15(21)11-4-2-1-3-5-11/h1-9H/b14-9-. The summed E-state index contributed by atoms with van der Waals surface area (Å²) >= 11 is 18.1. The van der Waals surface area contributed by atoms with Crippen molar-refractivity contribution in [2.24, 2.45) is 0 Å². The number of benzene rings is 2. The summed E-state index contributed by atoms with van der Waals surface area (Å²) in [5.41, 5.74) is 1.11. The smallest absolute Gasteiger partial charge is 0.268 e. The zero-order valence-corrected chi connectivity index (χ0v) is 15.2. The number of halogens is 2. The molecule has 7 heteroatoms. The Bertz CT molecular complexity index is 881. The van der Waals surface area contributed by atoms with E-state index in [0.29, 0.717) is 26.1 Å². The molecule has 2 aromatic rings. The average molecular weight is 394 g/mol. The van der Waals surface area contributed by atoms with Gasteiger partial charge in [0.1, 0.15) is 0 Å². The molecule has 1 aliphatic rings.